The number of para-hydroxylation sites is 2. The minimum Gasteiger partial charge on any atom is -0.353 e. The largest absolute Gasteiger partial charge is 0.353 e. The molecule has 194 valence electrons. The Labute approximate surface area is 240 Å². The van der Waals surface area contributed by atoms with E-state index in [-0.39, 0.29) is 5.28 Å². The van der Waals surface area contributed by atoms with Crippen molar-refractivity contribution in [3.05, 3.63) is 127 Å². The number of fused-ring (bicyclic) bond motifs is 5. The molecular weight excluding hydrogens is 528 g/mol. The fourth-order valence-electron chi connectivity index (χ4n) is 5.47. The van der Waals surface area contributed by atoms with Crippen LogP contribution in [0.3, 0.4) is 0 Å². The number of benzene rings is 5. The number of aromatic amines is 1. The molecule has 0 atom stereocenters. The molecule has 7 heteroatoms. The van der Waals surface area contributed by atoms with E-state index in [4.69, 9.17) is 21.6 Å². The molecule has 0 amide bonds. The van der Waals surface area contributed by atoms with Crippen molar-refractivity contribution >= 4 is 44.4 Å². The van der Waals surface area contributed by atoms with Crippen molar-refractivity contribution in [2.24, 2.45) is 0 Å². The fraction of sp³-hybridized carbons (Fsp3) is 0. The molecule has 0 aliphatic carbocycles. The highest BCUT2D eigenvalue weighted by Crippen LogP contribution is 2.36. The van der Waals surface area contributed by atoms with Gasteiger partial charge in [-0.1, -0.05) is 91.0 Å². The molecule has 8 aromatic rings. The quantitative estimate of drug-likeness (QED) is 0.239. The average molecular weight is 549 g/mol. The second-order valence-electron chi connectivity index (χ2n) is 9.83. The molecule has 0 saturated heterocycles. The van der Waals surface area contributed by atoms with Crippen LogP contribution in [-0.2, 0) is 0 Å². The highest BCUT2D eigenvalue weighted by molar-refractivity contribution is 6.28. The van der Waals surface area contributed by atoms with E-state index < -0.39 is 0 Å². The molecule has 1 N–H and O–H groups in total. The molecule has 41 heavy (non-hydrogen) atoms. The van der Waals surface area contributed by atoms with Crippen molar-refractivity contribution in [3.8, 4) is 39.9 Å². The third kappa shape index (κ3) is 3.96. The first-order valence-corrected chi connectivity index (χ1v) is 13.7. The van der Waals surface area contributed by atoms with Crippen LogP contribution in [0.5, 0.6) is 0 Å². The van der Waals surface area contributed by atoms with Gasteiger partial charge >= 0.3 is 0 Å². The molecule has 0 unspecified atom stereocenters. The van der Waals surface area contributed by atoms with Gasteiger partial charge in [-0.3, -0.25) is 4.57 Å². The standard InChI is InChI=1S/C34H21ClN6/c35-34-39-31(21-9-3-1-4-10-21)38-32(40-34)22-15-17-23(18-16-22)33-37-28-20-19-26-25-13-7-8-14-27(25)36-29(26)30(28)41(33)24-11-5-2-6-12-24/h1-20,36H. The molecule has 3 aromatic heterocycles. The van der Waals surface area contributed by atoms with Crippen LogP contribution in [0.2, 0.25) is 5.28 Å². The van der Waals surface area contributed by atoms with E-state index in [1.807, 2.05) is 60.7 Å². The number of imidazole rings is 1. The van der Waals surface area contributed by atoms with Crippen LogP contribution in [0.15, 0.2) is 121 Å². The van der Waals surface area contributed by atoms with Crippen molar-refractivity contribution in [3.63, 3.8) is 0 Å². The van der Waals surface area contributed by atoms with Crippen LogP contribution in [0.25, 0.3) is 72.7 Å². The number of aromatic nitrogens is 6. The van der Waals surface area contributed by atoms with Crippen molar-refractivity contribution in [2.45, 2.75) is 0 Å². The zero-order valence-electron chi connectivity index (χ0n) is 21.7. The summed E-state index contributed by atoms with van der Waals surface area (Å²) in [5.74, 6) is 1.91. The van der Waals surface area contributed by atoms with E-state index in [2.05, 4.69) is 80.2 Å². The maximum absolute atomic E-state index is 6.31. The zero-order chi connectivity index (χ0) is 27.3. The Morgan fingerprint density at radius 1 is 0.537 bits per heavy atom. The van der Waals surface area contributed by atoms with Crippen molar-refractivity contribution in [2.75, 3.05) is 0 Å². The smallest absolute Gasteiger partial charge is 0.226 e. The fourth-order valence-corrected chi connectivity index (χ4v) is 5.63. The molecule has 0 aliphatic heterocycles. The third-order valence-corrected chi connectivity index (χ3v) is 7.52. The van der Waals surface area contributed by atoms with E-state index in [1.54, 1.807) is 0 Å². The number of nitrogens with one attached hydrogen (secondary N) is 1. The molecule has 0 fully saturated rings. The minimum atomic E-state index is 0.158. The van der Waals surface area contributed by atoms with E-state index in [0.29, 0.717) is 11.6 Å². The van der Waals surface area contributed by atoms with Crippen LogP contribution in [0.4, 0.5) is 0 Å². The molecule has 0 aliphatic rings. The third-order valence-electron chi connectivity index (χ3n) is 7.35. The topological polar surface area (TPSA) is 72.3 Å². The minimum absolute atomic E-state index is 0.158. The molecule has 8 rings (SSSR count). The number of rotatable bonds is 4. The van der Waals surface area contributed by atoms with E-state index in [0.717, 1.165) is 50.3 Å². The summed E-state index contributed by atoms with van der Waals surface area (Å²) in [5.41, 5.74) is 7.87. The van der Waals surface area contributed by atoms with Gasteiger partial charge in [0.1, 0.15) is 5.82 Å². The van der Waals surface area contributed by atoms with Gasteiger partial charge in [-0.15, -0.1) is 0 Å². The Kier molecular flexibility index (Phi) is 5.40. The van der Waals surface area contributed by atoms with E-state index in [1.165, 1.54) is 10.8 Å². The van der Waals surface area contributed by atoms with Crippen LogP contribution >= 0.6 is 11.6 Å². The second kappa shape index (κ2) is 9.40. The lowest BCUT2D eigenvalue weighted by molar-refractivity contribution is 1.06. The van der Waals surface area contributed by atoms with Gasteiger partial charge in [0.05, 0.1) is 16.6 Å². The number of hydrogen-bond acceptors (Lipinski definition) is 4. The van der Waals surface area contributed by atoms with Crippen LogP contribution in [-0.4, -0.2) is 29.5 Å². The van der Waals surface area contributed by atoms with Crippen LogP contribution in [0, 0.1) is 0 Å². The maximum Gasteiger partial charge on any atom is 0.226 e. The Morgan fingerprint density at radius 3 is 1.93 bits per heavy atom. The summed E-state index contributed by atoms with van der Waals surface area (Å²) in [6.45, 7) is 0. The lowest BCUT2D eigenvalue weighted by Gasteiger charge is -2.11. The van der Waals surface area contributed by atoms with Crippen LogP contribution in [0.1, 0.15) is 0 Å². The summed E-state index contributed by atoms with van der Waals surface area (Å²) < 4.78 is 2.23. The predicted octanol–water partition coefficient (Wildman–Crippen LogP) is 8.50. The molecular formula is C34H21ClN6. The molecule has 0 spiro atoms. The number of nitrogens with zero attached hydrogens (tertiary/aromatic N) is 5. The Hall–Kier alpha value is -5.33. The monoisotopic (exact) mass is 548 g/mol. The summed E-state index contributed by atoms with van der Waals surface area (Å²) in [6.07, 6.45) is 0. The zero-order valence-corrected chi connectivity index (χ0v) is 22.4. The summed E-state index contributed by atoms with van der Waals surface area (Å²) in [5, 5.41) is 2.53. The normalized spacial score (nSPS) is 11.5. The molecule has 3 heterocycles. The summed E-state index contributed by atoms with van der Waals surface area (Å²) in [4.78, 5) is 22.2. The highest BCUT2D eigenvalue weighted by atomic mass is 35.5. The Balaban J connectivity index is 1.30. The number of halogens is 1. The second-order valence-corrected chi connectivity index (χ2v) is 10.2. The van der Waals surface area contributed by atoms with Gasteiger partial charge < -0.3 is 4.98 Å². The number of hydrogen-bond donors (Lipinski definition) is 1. The lowest BCUT2D eigenvalue weighted by Crippen LogP contribution is -1.99. The van der Waals surface area contributed by atoms with Gasteiger partial charge in [0.2, 0.25) is 5.28 Å². The summed E-state index contributed by atoms with van der Waals surface area (Å²) >= 11 is 6.31. The molecule has 5 aromatic carbocycles. The van der Waals surface area contributed by atoms with Crippen molar-refractivity contribution in [1.82, 2.24) is 29.5 Å². The molecule has 0 radical (unpaired) electrons. The van der Waals surface area contributed by atoms with Gasteiger partial charge in [0.15, 0.2) is 11.6 Å². The van der Waals surface area contributed by atoms with Gasteiger partial charge in [0.25, 0.3) is 0 Å². The summed E-state index contributed by atoms with van der Waals surface area (Å²) in [7, 11) is 0. The average Bonchev–Trinajstić information content (AvgIpc) is 3.61. The Bertz CT molecular complexity index is 2200. The molecule has 6 nitrogen and oxygen atoms in total. The summed E-state index contributed by atoms with van der Waals surface area (Å²) in [6, 6.07) is 40.9. The van der Waals surface area contributed by atoms with Gasteiger partial charge in [-0.25, -0.2) is 9.97 Å². The van der Waals surface area contributed by atoms with Gasteiger partial charge in [0, 0.05) is 38.7 Å². The SMILES string of the molecule is Clc1nc(-c2ccccc2)nc(-c2ccc(-c3nc4ccc5c6ccccc6[nH]c5c4n3-c3ccccc3)cc2)n1. The predicted molar refractivity (Wildman–Crippen MR) is 165 cm³/mol. The Morgan fingerprint density at radius 2 is 1.17 bits per heavy atom. The highest BCUT2D eigenvalue weighted by Gasteiger charge is 2.19. The van der Waals surface area contributed by atoms with E-state index >= 15 is 0 Å². The van der Waals surface area contributed by atoms with Crippen molar-refractivity contribution < 1.29 is 0 Å². The number of H-pyrrole nitrogens is 1. The molecule has 0 bridgehead atoms. The van der Waals surface area contributed by atoms with Gasteiger partial charge in [-0.2, -0.15) is 9.97 Å². The lowest BCUT2D eigenvalue weighted by atomic mass is 10.1. The first-order chi connectivity index (χ1) is 20.2. The first kappa shape index (κ1) is 23.5. The van der Waals surface area contributed by atoms with Crippen molar-refractivity contribution in [1.29, 1.82) is 0 Å². The first-order valence-electron chi connectivity index (χ1n) is 13.3. The van der Waals surface area contributed by atoms with Gasteiger partial charge in [-0.05, 0) is 41.9 Å². The van der Waals surface area contributed by atoms with E-state index in [9.17, 15) is 0 Å². The maximum atomic E-state index is 6.31. The van der Waals surface area contributed by atoms with Crippen LogP contribution < -0.4 is 0 Å². The molecule has 0 saturated carbocycles.